The number of carbonyl (C=O) groups excluding carboxylic acids is 3. The number of rotatable bonds is 11. The van der Waals surface area contributed by atoms with Gasteiger partial charge in [-0.15, -0.1) is 34.4 Å². The molecular formula is C32H26N4O4S3. The predicted octanol–water partition coefficient (Wildman–Crippen LogP) is 7.02. The first-order chi connectivity index (χ1) is 21.0. The van der Waals surface area contributed by atoms with Gasteiger partial charge in [0.2, 0.25) is 5.91 Å². The summed E-state index contributed by atoms with van der Waals surface area (Å²) in [6.45, 7) is 0. The maximum Gasteiger partial charge on any atom is 0.272 e. The quantitative estimate of drug-likeness (QED) is 0.107. The average Bonchev–Trinajstić information content (AvgIpc) is 3.73. The predicted molar refractivity (Wildman–Crippen MR) is 175 cm³/mol. The molecule has 5 aromatic rings. The van der Waals surface area contributed by atoms with E-state index in [1.54, 1.807) is 72.0 Å². The molecule has 2 heterocycles. The molecule has 0 aliphatic heterocycles. The minimum atomic E-state index is -0.514. The van der Waals surface area contributed by atoms with Crippen LogP contribution in [0.25, 0.3) is 16.6 Å². The highest BCUT2D eigenvalue weighted by atomic mass is 32.2. The summed E-state index contributed by atoms with van der Waals surface area (Å²) < 4.78 is 5.42. The van der Waals surface area contributed by atoms with Gasteiger partial charge < -0.3 is 20.7 Å². The monoisotopic (exact) mass is 626 g/mol. The number of thiazole rings is 1. The second-order valence-corrected chi connectivity index (χ2v) is 11.8. The van der Waals surface area contributed by atoms with Gasteiger partial charge in [-0.2, -0.15) is 0 Å². The maximum absolute atomic E-state index is 13.4. The Morgan fingerprint density at radius 3 is 2.51 bits per heavy atom. The molecule has 0 atom stereocenters. The van der Waals surface area contributed by atoms with Crippen LogP contribution in [0.4, 0.5) is 10.8 Å². The van der Waals surface area contributed by atoms with Crippen molar-refractivity contribution in [2.75, 3.05) is 23.5 Å². The molecule has 43 heavy (non-hydrogen) atoms. The molecule has 0 aliphatic carbocycles. The van der Waals surface area contributed by atoms with Crippen molar-refractivity contribution in [3.63, 3.8) is 0 Å². The number of ether oxygens (including phenoxy) is 1. The molecule has 11 heteroatoms. The van der Waals surface area contributed by atoms with Crippen molar-refractivity contribution in [2.24, 2.45) is 0 Å². The fourth-order valence-corrected chi connectivity index (χ4v) is 6.16. The second kappa shape index (κ2) is 14.5. The van der Waals surface area contributed by atoms with Crippen LogP contribution in [0.5, 0.6) is 5.75 Å². The van der Waals surface area contributed by atoms with Gasteiger partial charge in [0.1, 0.15) is 11.4 Å². The van der Waals surface area contributed by atoms with E-state index in [4.69, 9.17) is 4.74 Å². The van der Waals surface area contributed by atoms with E-state index in [1.165, 1.54) is 30.2 Å². The topological polar surface area (TPSA) is 109 Å². The van der Waals surface area contributed by atoms with Crippen molar-refractivity contribution in [3.8, 4) is 16.3 Å². The number of carbonyl (C=O) groups is 3. The van der Waals surface area contributed by atoms with Gasteiger partial charge in [-0.3, -0.25) is 14.4 Å². The Hall–Kier alpha value is -4.71. The molecular weight excluding hydrogens is 601 g/mol. The lowest BCUT2D eigenvalue weighted by Crippen LogP contribution is -2.30. The van der Waals surface area contributed by atoms with Crippen molar-refractivity contribution in [1.29, 1.82) is 0 Å². The van der Waals surface area contributed by atoms with Gasteiger partial charge in [0.05, 0.1) is 23.4 Å². The number of nitrogens with zero attached hydrogens (tertiary/aromatic N) is 1. The Balaban J connectivity index is 1.25. The molecule has 3 N–H and O–H groups in total. The third kappa shape index (κ3) is 8.19. The molecule has 0 aliphatic rings. The first kappa shape index (κ1) is 29.8. The van der Waals surface area contributed by atoms with Crippen LogP contribution >= 0.6 is 34.4 Å². The number of para-hydroxylation sites is 1. The van der Waals surface area contributed by atoms with Gasteiger partial charge in [0, 0.05) is 27.1 Å². The molecule has 5 rings (SSSR count). The largest absolute Gasteiger partial charge is 0.496 e. The van der Waals surface area contributed by atoms with Crippen molar-refractivity contribution < 1.29 is 19.1 Å². The molecule has 0 spiro atoms. The highest BCUT2D eigenvalue weighted by molar-refractivity contribution is 8.00. The normalized spacial score (nSPS) is 11.0. The van der Waals surface area contributed by atoms with Crippen LogP contribution in [0.15, 0.2) is 112 Å². The Labute approximate surface area is 260 Å². The van der Waals surface area contributed by atoms with E-state index in [0.29, 0.717) is 27.7 Å². The standard InChI is InChI=1S/C32H26N4O4S3/c1-40-27-14-6-5-11-22(27)17-25(34-30(38)21-9-3-2-4-10-21)31(39)33-23-12-7-13-24(18-23)42-20-29(37)36-32-35-26(19-43-32)28-15-8-16-41-28/h2-19H,20H2,1H3,(H,33,39)(H,34,38)(H,35,36,37)/b25-17+. The minimum absolute atomic E-state index is 0.0427. The number of thiophene rings is 1. The van der Waals surface area contributed by atoms with Gasteiger partial charge in [-0.25, -0.2) is 4.98 Å². The molecule has 2 aromatic heterocycles. The molecule has 0 fully saturated rings. The number of thioether (sulfide) groups is 1. The van der Waals surface area contributed by atoms with E-state index in [2.05, 4.69) is 20.9 Å². The summed E-state index contributed by atoms with van der Waals surface area (Å²) in [6, 6.07) is 27.0. The summed E-state index contributed by atoms with van der Waals surface area (Å²) in [5.74, 6) is -0.399. The Kier molecular flexibility index (Phi) is 10.0. The Bertz CT molecular complexity index is 1750. The maximum atomic E-state index is 13.4. The summed E-state index contributed by atoms with van der Waals surface area (Å²) in [6.07, 6.45) is 1.57. The van der Waals surface area contributed by atoms with E-state index in [0.717, 1.165) is 15.5 Å². The zero-order valence-electron chi connectivity index (χ0n) is 22.9. The van der Waals surface area contributed by atoms with Gasteiger partial charge in [-0.1, -0.05) is 48.5 Å². The molecule has 216 valence electrons. The van der Waals surface area contributed by atoms with Crippen molar-refractivity contribution in [3.05, 3.63) is 119 Å². The van der Waals surface area contributed by atoms with Gasteiger partial charge in [0.25, 0.3) is 11.8 Å². The minimum Gasteiger partial charge on any atom is -0.496 e. The number of anilines is 2. The third-order valence-corrected chi connectivity index (χ3v) is 8.60. The number of hydrogen-bond donors (Lipinski definition) is 3. The molecule has 0 saturated heterocycles. The fourth-order valence-electron chi connectivity index (χ4n) is 3.92. The van der Waals surface area contributed by atoms with Crippen molar-refractivity contribution in [2.45, 2.75) is 4.90 Å². The van der Waals surface area contributed by atoms with Crippen LogP contribution in [0.1, 0.15) is 15.9 Å². The molecule has 3 amide bonds. The number of amides is 3. The number of nitrogens with one attached hydrogen (secondary N) is 3. The van der Waals surface area contributed by atoms with Crippen molar-refractivity contribution >= 4 is 69.1 Å². The molecule has 8 nitrogen and oxygen atoms in total. The first-order valence-corrected chi connectivity index (χ1v) is 15.8. The molecule has 0 radical (unpaired) electrons. The zero-order chi connectivity index (χ0) is 30.0. The van der Waals surface area contributed by atoms with Crippen LogP contribution in [0.2, 0.25) is 0 Å². The second-order valence-electron chi connectivity index (χ2n) is 8.95. The SMILES string of the molecule is COc1ccccc1/C=C(/NC(=O)c1ccccc1)C(=O)Nc1cccc(SCC(=O)Nc2nc(-c3cccs3)cs2)c1. The van der Waals surface area contributed by atoms with E-state index >= 15 is 0 Å². The molecule has 3 aromatic carbocycles. The van der Waals surface area contributed by atoms with Crippen molar-refractivity contribution in [1.82, 2.24) is 10.3 Å². The summed E-state index contributed by atoms with van der Waals surface area (Å²) in [7, 11) is 1.54. The Morgan fingerprint density at radius 1 is 0.907 bits per heavy atom. The smallest absolute Gasteiger partial charge is 0.272 e. The molecule has 0 unspecified atom stereocenters. The highest BCUT2D eigenvalue weighted by Gasteiger charge is 2.17. The van der Waals surface area contributed by atoms with E-state index in [9.17, 15) is 14.4 Å². The number of aromatic nitrogens is 1. The van der Waals surface area contributed by atoms with Gasteiger partial charge in [0.15, 0.2) is 5.13 Å². The third-order valence-electron chi connectivity index (χ3n) is 5.95. The lowest BCUT2D eigenvalue weighted by Gasteiger charge is -2.13. The van der Waals surface area contributed by atoms with E-state index in [-0.39, 0.29) is 17.4 Å². The number of hydrogen-bond acceptors (Lipinski definition) is 8. The van der Waals surface area contributed by atoms with E-state index in [1.807, 2.05) is 47.2 Å². The lowest BCUT2D eigenvalue weighted by molar-refractivity contribution is -0.114. The zero-order valence-corrected chi connectivity index (χ0v) is 25.4. The van der Waals surface area contributed by atoms with Gasteiger partial charge >= 0.3 is 0 Å². The number of benzene rings is 3. The summed E-state index contributed by atoms with van der Waals surface area (Å²) in [5.41, 5.74) is 2.43. The van der Waals surface area contributed by atoms with Gasteiger partial charge in [-0.05, 0) is 53.9 Å². The molecule has 0 bridgehead atoms. The first-order valence-electron chi connectivity index (χ1n) is 13.0. The van der Waals surface area contributed by atoms with Crippen LogP contribution in [-0.2, 0) is 9.59 Å². The fraction of sp³-hybridized carbons (Fsp3) is 0.0625. The Morgan fingerprint density at radius 2 is 1.72 bits per heavy atom. The van der Waals surface area contributed by atoms with Crippen LogP contribution < -0.4 is 20.7 Å². The summed E-state index contributed by atoms with van der Waals surface area (Å²) >= 11 is 4.31. The number of methoxy groups -OCH3 is 1. The van der Waals surface area contributed by atoms with Crippen LogP contribution in [-0.4, -0.2) is 35.6 Å². The van der Waals surface area contributed by atoms with Crippen LogP contribution in [0.3, 0.4) is 0 Å². The lowest BCUT2D eigenvalue weighted by atomic mass is 10.1. The van der Waals surface area contributed by atoms with Crippen LogP contribution in [0, 0.1) is 0 Å². The summed E-state index contributed by atoms with van der Waals surface area (Å²) in [4.78, 5) is 45.3. The van der Waals surface area contributed by atoms with E-state index < -0.39 is 11.8 Å². The highest BCUT2D eigenvalue weighted by Crippen LogP contribution is 2.29. The summed E-state index contributed by atoms with van der Waals surface area (Å²) in [5, 5.41) is 12.9. The average molecular weight is 627 g/mol. The molecule has 0 saturated carbocycles.